The van der Waals surface area contributed by atoms with Crippen LogP contribution in [0.15, 0.2) is 24.3 Å². The van der Waals surface area contributed by atoms with Crippen LogP contribution in [0.5, 0.6) is 0 Å². The molecule has 0 amide bonds. The van der Waals surface area contributed by atoms with Gasteiger partial charge in [-0.25, -0.2) is 4.39 Å². The van der Waals surface area contributed by atoms with Crippen molar-refractivity contribution in [1.82, 2.24) is 4.90 Å². The second-order valence-electron chi connectivity index (χ2n) is 4.57. The molecule has 0 radical (unpaired) electrons. The lowest BCUT2D eigenvalue weighted by Gasteiger charge is -2.29. The van der Waals surface area contributed by atoms with Gasteiger partial charge in [0.2, 0.25) is 0 Å². The first-order valence-electron chi connectivity index (χ1n) is 6.31. The minimum Gasteiger partial charge on any atom is -0.356 e. The zero-order valence-corrected chi connectivity index (χ0v) is 11.8. The highest BCUT2D eigenvalue weighted by Crippen LogP contribution is 2.12. The molecule has 0 aromatic heterocycles. The minimum absolute atomic E-state index is 0.119. The number of likely N-dealkylation sites (N-methyl/N-ethyl adjacent to an activating group) is 1. The second-order valence-corrected chi connectivity index (χ2v) is 4.57. The first-order chi connectivity index (χ1) is 9.10. The molecule has 1 aromatic carbocycles. The number of hydrogen-bond acceptors (Lipinski definition) is 4. The molecule has 0 heterocycles. The van der Waals surface area contributed by atoms with E-state index in [4.69, 9.17) is 15.2 Å². The fourth-order valence-electron chi connectivity index (χ4n) is 2.02. The van der Waals surface area contributed by atoms with Gasteiger partial charge in [0.15, 0.2) is 6.29 Å². The van der Waals surface area contributed by atoms with E-state index in [1.807, 2.05) is 13.1 Å². The maximum Gasteiger partial charge on any atom is 0.158 e. The molecule has 0 aliphatic carbocycles. The minimum atomic E-state index is -0.275. The van der Waals surface area contributed by atoms with E-state index in [0.717, 1.165) is 5.56 Å². The maximum absolute atomic E-state index is 13.1. The molecule has 0 aliphatic rings. The van der Waals surface area contributed by atoms with Crippen molar-refractivity contribution in [2.75, 3.05) is 27.8 Å². The van der Waals surface area contributed by atoms with E-state index < -0.39 is 0 Å². The maximum atomic E-state index is 13.1. The van der Waals surface area contributed by atoms with Crippen molar-refractivity contribution < 1.29 is 13.9 Å². The van der Waals surface area contributed by atoms with Crippen LogP contribution in [0.1, 0.15) is 12.0 Å². The summed E-state index contributed by atoms with van der Waals surface area (Å²) in [4.78, 5) is 2.08. The van der Waals surface area contributed by atoms with Crippen molar-refractivity contribution >= 4 is 0 Å². The molecule has 0 spiro atoms. The van der Waals surface area contributed by atoms with Crippen molar-refractivity contribution in [3.05, 3.63) is 35.6 Å². The number of nitrogens with zero attached hydrogens (tertiary/aromatic N) is 1. The monoisotopic (exact) mass is 270 g/mol. The fraction of sp³-hybridized carbons (Fsp3) is 0.571. The van der Waals surface area contributed by atoms with Crippen molar-refractivity contribution in [2.24, 2.45) is 5.73 Å². The molecule has 1 unspecified atom stereocenters. The third kappa shape index (κ3) is 5.24. The van der Waals surface area contributed by atoms with Gasteiger partial charge >= 0.3 is 0 Å². The van der Waals surface area contributed by atoms with Gasteiger partial charge in [0.05, 0.1) is 0 Å². The fourth-order valence-corrected chi connectivity index (χ4v) is 2.02. The summed E-state index contributed by atoms with van der Waals surface area (Å²) in [5, 5.41) is 0. The molecular formula is C14H23FN2O2. The summed E-state index contributed by atoms with van der Waals surface area (Å²) >= 11 is 0. The van der Waals surface area contributed by atoms with E-state index >= 15 is 0 Å². The van der Waals surface area contributed by atoms with Gasteiger partial charge in [-0.1, -0.05) is 12.1 Å². The molecule has 0 aliphatic heterocycles. The largest absolute Gasteiger partial charge is 0.356 e. The quantitative estimate of drug-likeness (QED) is 0.729. The molecular weight excluding hydrogens is 247 g/mol. The Morgan fingerprint density at radius 1 is 1.32 bits per heavy atom. The Labute approximate surface area is 114 Å². The molecule has 0 saturated heterocycles. The van der Waals surface area contributed by atoms with Gasteiger partial charge in [0, 0.05) is 39.8 Å². The SMILES string of the molecule is COC(CC(CN)N(C)Cc1cccc(F)c1)OC. The van der Waals surface area contributed by atoms with Gasteiger partial charge in [-0.05, 0) is 24.7 Å². The molecule has 1 aromatic rings. The summed E-state index contributed by atoms with van der Waals surface area (Å²) in [6, 6.07) is 6.71. The van der Waals surface area contributed by atoms with Crippen LogP contribution in [0.3, 0.4) is 0 Å². The smallest absolute Gasteiger partial charge is 0.158 e. The highest BCUT2D eigenvalue weighted by Gasteiger charge is 2.18. The highest BCUT2D eigenvalue weighted by atomic mass is 19.1. The third-order valence-electron chi connectivity index (χ3n) is 3.21. The molecule has 19 heavy (non-hydrogen) atoms. The number of benzene rings is 1. The molecule has 0 bridgehead atoms. The van der Waals surface area contributed by atoms with Crippen molar-refractivity contribution in [3.63, 3.8) is 0 Å². The summed E-state index contributed by atoms with van der Waals surface area (Å²) in [6.07, 6.45) is 0.401. The lowest BCUT2D eigenvalue weighted by Crippen LogP contribution is -2.40. The van der Waals surface area contributed by atoms with E-state index in [1.54, 1.807) is 20.3 Å². The number of nitrogens with two attached hydrogens (primary N) is 1. The molecule has 108 valence electrons. The van der Waals surface area contributed by atoms with Crippen LogP contribution in [0.4, 0.5) is 4.39 Å². The molecule has 2 N–H and O–H groups in total. The van der Waals surface area contributed by atoms with Gasteiger partial charge in [0.1, 0.15) is 5.82 Å². The Balaban J connectivity index is 2.60. The Bertz CT molecular complexity index is 372. The predicted molar refractivity (Wildman–Crippen MR) is 73.1 cm³/mol. The van der Waals surface area contributed by atoms with E-state index in [1.165, 1.54) is 12.1 Å². The second kappa shape index (κ2) is 8.22. The zero-order valence-electron chi connectivity index (χ0n) is 11.8. The number of rotatable bonds is 8. The summed E-state index contributed by atoms with van der Waals surface area (Å²) < 4.78 is 23.5. The number of ether oxygens (including phenoxy) is 2. The first kappa shape index (κ1) is 16.0. The first-order valence-corrected chi connectivity index (χ1v) is 6.31. The van der Waals surface area contributed by atoms with Gasteiger partial charge in [-0.2, -0.15) is 0 Å². The Hall–Kier alpha value is -1.01. The molecule has 5 heteroatoms. The van der Waals surface area contributed by atoms with Crippen molar-refractivity contribution in [3.8, 4) is 0 Å². The molecule has 4 nitrogen and oxygen atoms in total. The van der Waals surface area contributed by atoms with E-state index in [2.05, 4.69) is 4.90 Å². The topological polar surface area (TPSA) is 47.7 Å². The van der Waals surface area contributed by atoms with Crippen LogP contribution < -0.4 is 5.73 Å². The Morgan fingerprint density at radius 2 is 2.00 bits per heavy atom. The third-order valence-corrected chi connectivity index (χ3v) is 3.21. The van der Waals surface area contributed by atoms with Crippen LogP contribution in [-0.2, 0) is 16.0 Å². The van der Waals surface area contributed by atoms with E-state index in [9.17, 15) is 4.39 Å². The summed E-state index contributed by atoms with van der Waals surface area (Å²) in [7, 11) is 5.17. The van der Waals surface area contributed by atoms with Gasteiger partial charge in [0.25, 0.3) is 0 Å². The predicted octanol–water partition coefficient (Wildman–Crippen LogP) is 1.59. The normalized spacial score (nSPS) is 13.2. The zero-order chi connectivity index (χ0) is 14.3. The Morgan fingerprint density at radius 3 is 2.53 bits per heavy atom. The molecule has 1 atom stereocenters. The average Bonchev–Trinajstić information content (AvgIpc) is 2.40. The number of halogens is 1. The molecule has 0 saturated carbocycles. The van der Waals surface area contributed by atoms with Crippen LogP contribution in [0.25, 0.3) is 0 Å². The summed E-state index contributed by atoms with van der Waals surface area (Å²) in [6.45, 7) is 1.13. The Kier molecular flexibility index (Phi) is 6.94. The van der Waals surface area contributed by atoms with Crippen LogP contribution >= 0.6 is 0 Å². The van der Waals surface area contributed by atoms with Gasteiger partial charge in [-0.15, -0.1) is 0 Å². The molecule has 0 fully saturated rings. The van der Waals surface area contributed by atoms with Crippen LogP contribution in [-0.4, -0.2) is 45.0 Å². The summed E-state index contributed by atoms with van der Waals surface area (Å²) in [5.41, 5.74) is 6.71. The lowest BCUT2D eigenvalue weighted by atomic mass is 10.1. The van der Waals surface area contributed by atoms with Crippen LogP contribution in [0.2, 0.25) is 0 Å². The molecule has 1 rings (SSSR count). The van der Waals surface area contributed by atoms with Gasteiger partial charge in [-0.3, -0.25) is 4.90 Å². The highest BCUT2D eigenvalue weighted by molar-refractivity contribution is 5.16. The van der Waals surface area contributed by atoms with E-state index in [0.29, 0.717) is 19.5 Å². The van der Waals surface area contributed by atoms with Crippen LogP contribution in [0, 0.1) is 5.82 Å². The van der Waals surface area contributed by atoms with Crippen molar-refractivity contribution in [2.45, 2.75) is 25.3 Å². The lowest BCUT2D eigenvalue weighted by molar-refractivity contribution is -0.116. The standard InChI is InChI=1S/C14H23FN2O2/c1-17(10-11-5-4-6-12(15)7-11)13(9-16)8-14(18-2)19-3/h4-7,13-14H,8-10,16H2,1-3H3. The summed E-state index contributed by atoms with van der Waals surface area (Å²) in [5.74, 6) is -0.221. The average molecular weight is 270 g/mol. The van der Waals surface area contributed by atoms with E-state index in [-0.39, 0.29) is 18.1 Å². The number of hydrogen-bond donors (Lipinski definition) is 1. The van der Waals surface area contributed by atoms with Crippen molar-refractivity contribution in [1.29, 1.82) is 0 Å². The number of methoxy groups -OCH3 is 2. The van der Waals surface area contributed by atoms with Gasteiger partial charge < -0.3 is 15.2 Å².